The third-order valence-electron chi connectivity index (χ3n) is 6.43. The Morgan fingerprint density at radius 2 is 1.89 bits per heavy atom. The number of aromatic nitrogens is 5. The summed E-state index contributed by atoms with van der Waals surface area (Å²) in [7, 11) is 2.11. The SMILES string of the molecule is CN1CCN(c2cc(C(=O)Nc3ncc4ccc(-c5cncc6[nH]ccc56)cc4n3)ccn2)CC1. The molecule has 1 aliphatic heterocycles. The molecule has 0 unspecified atom stereocenters. The molecule has 5 heterocycles. The zero-order valence-corrected chi connectivity index (χ0v) is 19.3. The summed E-state index contributed by atoms with van der Waals surface area (Å²) in [4.78, 5) is 38.4. The van der Waals surface area contributed by atoms with Crippen LogP contribution in [0.15, 0.2) is 67.4 Å². The maximum Gasteiger partial charge on any atom is 0.258 e. The molecule has 2 N–H and O–H groups in total. The lowest BCUT2D eigenvalue weighted by Gasteiger charge is -2.33. The summed E-state index contributed by atoms with van der Waals surface area (Å²) in [6.07, 6.45) is 8.96. The molecule has 0 saturated carbocycles. The second-order valence-electron chi connectivity index (χ2n) is 8.74. The first-order chi connectivity index (χ1) is 17.1. The minimum Gasteiger partial charge on any atom is -0.360 e. The summed E-state index contributed by atoms with van der Waals surface area (Å²) < 4.78 is 0. The predicted molar refractivity (Wildman–Crippen MR) is 137 cm³/mol. The van der Waals surface area contributed by atoms with Crippen LogP contribution < -0.4 is 10.2 Å². The van der Waals surface area contributed by atoms with Crippen molar-refractivity contribution in [3.8, 4) is 11.1 Å². The number of H-pyrrole nitrogens is 1. The molecule has 0 atom stereocenters. The molecule has 35 heavy (non-hydrogen) atoms. The molecule has 5 aromatic rings. The molecule has 174 valence electrons. The van der Waals surface area contributed by atoms with Crippen LogP contribution in [0.1, 0.15) is 10.4 Å². The number of amides is 1. The van der Waals surface area contributed by atoms with E-state index in [4.69, 9.17) is 0 Å². The summed E-state index contributed by atoms with van der Waals surface area (Å²) in [5, 5.41) is 4.82. The summed E-state index contributed by atoms with van der Waals surface area (Å²) in [5.74, 6) is 0.803. The number of anilines is 2. The zero-order valence-electron chi connectivity index (χ0n) is 19.3. The van der Waals surface area contributed by atoms with E-state index >= 15 is 0 Å². The number of nitrogens with zero attached hydrogens (tertiary/aromatic N) is 6. The fourth-order valence-electron chi connectivity index (χ4n) is 4.40. The molecule has 1 aromatic carbocycles. The first-order valence-electron chi connectivity index (χ1n) is 11.5. The lowest BCUT2D eigenvalue weighted by atomic mass is 10.0. The number of nitrogens with one attached hydrogen (secondary N) is 2. The molecule has 0 bridgehead atoms. The molecule has 0 aliphatic carbocycles. The van der Waals surface area contributed by atoms with Gasteiger partial charge in [0.05, 0.1) is 17.2 Å². The molecular formula is C26H24N8O. The number of hydrogen-bond acceptors (Lipinski definition) is 7. The van der Waals surface area contributed by atoms with Crippen molar-refractivity contribution < 1.29 is 4.79 Å². The fourth-order valence-corrected chi connectivity index (χ4v) is 4.40. The molecule has 9 nitrogen and oxygen atoms in total. The van der Waals surface area contributed by atoms with E-state index in [9.17, 15) is 4.79 Å². The Bertz CT molecular complexity index is 1540. The Kier molecular flexibility index (Phi) is 5.31. The number of fused-ring (bicyclic) bond motifs is 2. The van der Waals surface area contributed by atoms with E-state index in [1.807, 2.05) is 48.9 Å². The smallest absolute Gasteiger partial charge is 0.258 e. The summed E-state index contributed by atoms with van der Waals surface area (Å²) in [6, 6.07) is 11.6. The Morgan fingerprint density at radius 3 is 2.77 bits per heavy atom. The molecule has 0 spiro atoms. The minimum absolute atomic E-state index is 0.260. The highest BCUT2D eigenvalue weighted by molar-refractivity contribution is 6.04. The van der Waals surface area contributed by atoms with Gasteiger partial charge in [-0.15, -0.1) is 0 Å². The number of piperazine rings is 1. The number of aromatic amines is 1. The molecule has 1 aliphatic rings. The van der Waals surface area contributed by atoms with Gasteiger partial charge in [0.15, 0.2) is 0 Å². The quantitative estimate of drug-likeness (QED) is 0.419. The lowest BCUT2D eigenvalue weighted by molar-refractivity contribution is 0.102. The maximum absolute atomic E-state index is 13.0. The topological polar surface area (TPSA) is 103 Å². The van der Waals surface area contributed by atoms with Gasteiger partial charge in [-0.05, 0) is 36.9 Å². The van der Waals surface area contributed by atoms with Crippen LogP contribution in [-0.2, 0) is 0 Å². The molecule has 1 fully saturated rings. The van der Waals surface area contributed by atoms with E-state index in [-0.39, 0.29) is 11.9 Å². The Hall–Kier alpha value is -4.37. The number of benzene rings is 1. The largest absolute Gasteiger partial charge is 0.360 e. The van der Waals surface area contributed by atoms with Gasteiger partial charge >= 0.3 is 0 Å². The monoisotopic (exact) mass is 464 g/mol. The van der Waals surface area contributed by atoms with Crippen molar-refractivity contribution in [2.45, 2.75) is 0 Å². The number of pyridine rings is 2. The first-order valence-corrected chi connectivity index (χ1v) is 11.5. The van der Waals surface area contributed by atoms with Crippen molar-refractivity contribution in [2.75, 3.05) is 43.4 Å². The molecule has 6 rings (SSSR count). The Morgan fingerprint density at radius 1 is 1.00 bits per heavy atom. The highest BCUT2D eigenvalue weighted by Crippen LogP contribution is 2.29. The van der Waals surface area contributed by atoms with Gasteiger partial charge in [-0.2, -0.15) is 0 Å². The predicted octanol–water partition coefficient (Wildman–Crippen LogP) is 3.57. The Balaban J connectivity index is 1.26. The highest BCUT2D eigenvalue weighted by atomic mass is 16.1. The molecule has 1 amide bonds. The fraction of sp³-hybridized carbons (Fsp3) is 0.192. The minimum atomic E-state index is -0.264. The average molecular weight is 465 g/mol. The summed E-state index contributed by atoms with van der Waals surface area (Å²) in [5.41, 5.74) is 4.26. The first kappa shape index (κ1) is 21.2. The van der Waals surface area contributed by atoms with Gasteiger partial charge < -0.3 is 14.8 Å². The average Bonchev–Trinajstić information content (AvgIpc) is 3.38. The van der Waals surface area contributed by atoms with E-state index in [0.29, 0.717) is 5.56 Å². The zero-order chi connectivity index (χ0) is 23.8. The van der Waals surface area contributed by atoms with Crippen molar-refractivity contribution >= 4 is 39.5 Å². The van der Waals surface area contributed by atoms with Crippen LogP contribution in [0.25, 0.3) is 32.9 Å². The van der Waals surface area contributed by atoms with Crippen LogP contribution >= 0.6 is 0 Å². The van der Waals surface area contributed by atoms with Gasteiger partial charge in [-0.1, -0.05) is 12.1 Å². The van der Waals surface area contributed by atoms with E-state index in [1.165, 1.54) is 0 Å². The Labute approximate surface area is 201 Å². The third kappa shape index (κ3) is 4.17. The molecular weight excluding hydrogens is 440 g/mol. The van der Waals surface area contributed by atoms with Crippen molar-refractivity contribution in [1.29, 1.82) is 0 Å². The van der Waals surface area contributed by atoms with E-state index < -0.39 is 0 Å². The van der Waals surface area contributed by atoms with Crippen LogP contribution in [0.2, 0.25) is 0 Å². The number of carbonyl (C=O) groups excluding carboxylic acids is 1. The number of carbonyl (C=O) groups is 1. The molecule has 4 aromatic heterocycles. The second kappa shape index (κ2) is 8.77. The number of likely N-dealkylation sites (N-methyl/N-ethyl adjacent to an activating group) is 1. The van der Waals surface area contributed by atoms with Gasteiger partial charge in [0.2, 0.25) is 5.95 Å². The normalized spacial score (nSPS) is 14.5. The van der Waals surface area contributed by atoms with Gasteiger partial charge in [-0.25, -0.2) is 15.0 Å². The standard InChI is InChI=1S/C26H24N8O/c1-33-8-10-34(11-9-33)24-13-18(4-6-29-24)25(35)32-26-30-14-19-3-2-17(12-22(19)31-26)21-15-27-16-23-20(21)5-7-28-23/h2-7,12-16,28H,8-11H2,1H3,(H,30,31,32,35). The van der Waals surface area contributed by atoms with Crippen LogP contribution in [0.3, 0.4) is 0 Å². The van der Waals surface area contributed by atoms with Crippen LogP contribution in [0, 0.1) is 0 Å². The van der Waals surface area contributed by atoms with Gasteiger partial charge in [0.25, 0.3) is 5.91 Å². The maximum atomic E-state index is 13.0. The van der Waals surface area contributed by atoms with Crippen LogP contribution in [-0.4, -0.2) is 69.0 Å². The molecule has 1 saturated heterocycles. The summed E-state index contributed by atoms with van der Waals surface area (Å²) >= 11 is 0. The van der Waals surface area contributed by atoms with Gasteiger partial charge in [-0.3, -0.25) is 15.1 Å². The van der Waals surface area contributed by atoms with Gasteiger partial charge in [0.1, 0.15) is 5.82 Å². The van der Waals surface area contributed by atoms with Crippen LogP contribution in [0.4, 0.5) is 11.8 Å². The van der Waals surface area contributed by atoms with Crippen molar-refractivity contribution in [1.82, 2.24) is 29.8 Å². The van der Waals surface area contributed by atoms with Crippen LogP contribution in [0.5, 0.6) is 0 Å². The van der Waals surface area contributed by atoms with Gasteiger partial charge in [0, 0.05) is 72.9 Å². The highest BCUT2D eigenvalue weighted by Gasteiger charge is 2.17. The second-order valence-corrected chi connectivity index (χ2v) is 8.74. The van der Waals surface area contributed by atoms with E-state index in [2.05, 4.69) is 47.1 Å². The number of hydrogen-bond donors (Lipinski definition) is 2. The summed E-state index contributed by atoms with van der Waals surface area (Å²) in [6.45, 7) is 3.71. The third-order valence-corrected chi connectivity index (χ3v) is 6.43. The van der Waals surface area contributed by atoms with Crippen molar-refractivity contribution in [3.63, 3.8) is 0 Å². The van der Waals surface area contributed by atoms with Crippen molar-refractivity contribution in [3.05, 3.63) is 72.9 Å². The van der Waals surface area contributed by atoms with E-state index in [1.54, 1.807) is 18.5 Å². The van der Waals surface area contributed by atoms with E-state index in [0.717, 1.165) is 64.9 Å². The van der Waals surface area contributed by atoms with Crippen molar-refractivity contribution in [2.24, 2.45) is 0 Å². The number of rotatable bonds is 4. The molecule has 0 radical (unpaired) electrons. The lowest BCUT2D eigenvalue weighted by Crippen LogP contribution is -2.44. The molecule has 9 heteroatoms.